The van der Waals surface area contributed by atoms with Gasteiger partial charge in [-0.1, -0.05) is 30.3 Å². The van der Waals surface area contributed by atoms with Crippen molar-refractivity contribution in [2.75, 3.05) is 13.2 Å². The fourth-order valence-corrected chi connectivity index (χ4v) is 3.03. The van der Waals surface area contributed by atoms with Gasteiger partial charge in [0.1, 0.15) is 5.76 Å². The van der Waals surface area contributed by atoms with Crippen molar-refractivity contribution < 1.29 is 23.8 Å². The molecule has 1 N–H and O–H groups in total. The lowest BCUT2D eigenvalue weighted by Gasteiger charge is -2.37. The highest BCUT2D eigenvalue weighted by Gasteiger charge is 2.65. The van der Waals surface area contributed by atoms with Crippen LogP contribution in [0.1, 0.15) is 24.7 Å². The van der Waals surface area contributed by atoms with Crippen molar-refractivity contribution in [3.63, 3.8) is 0 Å². The summed E-state index contributed by atoms with van der Waals surface area (Å²) in [7, 11) is 0. The number of furan rings is 1. The van der Waals surface area contributed by atoms with E-state index >= 15 is 0 Å². The number of rotatable bonds is 4. The Kier molecular flexibility index (Phi) is 3.76. The molecular formula is C17H18O5. The van der Waals surface area contributed by atoms with Crippen LogP contribution in [0.15, 0.2) is 53.1 Å². The van der Waals surface area contributed by atoms with E-state index in [1.165, 1.54) is 6.26 Å². The van der Waals surface area contributed by atoms with Gasteiger partial charge in [-0.2, -0.15) is 0 Å². The topological polar surface area (TPSA) is 68.9 Å². The van der Waals surface area contributed by atoms with Crippen LogP contribution in [0.2, 0.25) is 0 Å². The van der Waals surface area contributed by atoms with Crippen LogP contribution < -0.4 is 0 Å². The fraction of sp³-hybridized carbons (Fsp3) is 0.353. The maximum Gasteiger partial charge on any atom is 0.346 e. The highest BCUT2D eigenvalue weighted by molar-refractivity contribution is 5.84. The molecule has 5 heteroatoms. The molecule has 2 heterocycles. The van der Waals surface area contributed by atoms with Crippen molar-refractivity contribution in [1.82, 2.24) is 0 Å². The Balaban J connectivity index is 2.19. The summed E-state index contributed by atoms with van der Waals surface area (Å²) >= 11 is 0. The molecule has 1 fully saturated rings. The van der Waals surface area contributed by atoms with Crippen molar-refractivity contribution in [3.05, 3.63) is 60.1 Å². The first-order valence-electron chi connectivity index (χ1n) is 7.28. The third-order valence-corrected chi connectivity index (χ3v) is 4.04. The first kappa shape index (κ1) is 14.8. The molecule has 0 aliphatic carbocycles. The van der Waals surface area contributed by atoms with Gasteiger partial charge < -0.3 is 19.0 Å². The molecule has 1 aromatic heterocycles. The highest BCUT2D eigenvalue weighted by atomic mass is 16.6. The van der Waals surface area contributed by atoms with Crippen LogP contribution in [0.3, 0.4) is 0 Å². The second-order valence-corrected chi connectivity index (χ2v) is 5.20. The number of carbonyl (C=O) groups excluding carboxylic acids is 1. The minimum absolute atomic E-state index is 0.199. The molecule has 2 atom stereocenters. The molecule has 0 bridgehead atoms. The maximum absolute atomic E-state index is 12.7. The average Bonchev–Trinajstić information content (AvgIpc) is 3.17. The van der Waals surface area contributed by atoms with Gasteiger partial charge >= 0.3 is 5.97 Å². The van der Waals surface area contributed by atoms with Gasteiger partial charge in [0.25, 0.3) is 0 Å². The monoisotopic (exact) mass is 302 g/mol. The summed E-state index contributed by atoms with van der Waals surface area (Å²) < 4.78 is 16.4. The Labute approximate surface area is 128 Å². The number of hydrogen-bond acceptors (Lipinski definition) is 5. The molecule has 1 saturated heterocycles. The average molecular weight is 302 g/mol. The number of ether oxygens (including phenoxy) is 2. The SMILES string of the molecule is CCOC(=O)[C@@]1(c2ccccc2)OCC[C@]1(O)c1ccco1. The normalized spacial score (nSPS) is 27.7. The van der Waals surface area contributed by atoms with Crippen molar-refractivity contribution in [2.45, 2.75) is 24.5 Å². The predicted octanol–water partition coefficient (Wildman–Crippen LogP) is 2.35. The third-order valence-electron chi connectivity index (χ3n) is 4.04. The summed E-state index contributed by atoms with van der Waals surface area (Å²) in [5.74, 6) is -0.320. The van der Waals surface area contributed by atoms with E-state index in [2.05, 4.69) is 0 Å². The Morgan fingerprint density at radius 1 is 1.27 bits per heavy atom. The van der Waals surface area contributed by atoms with Gasteiger partial charge in [-0.05, 0) is 24.6 Å². The standard InChI is InChI=1S/C17H18O5/c1-2-20-15(18)17(13-7-4-3-5-8-13)16(19,10-12-22-17)14-9-6-11-21-14/h3-9,11,19H,2,10,12H2,1H3/t16-,17+/m0/s1. The molecular weight excluding hydrogens is 284 g/mol. The Hall–Kier alpha value is -2.11. The van der Waals surface area contributed by atoms with Crippen molar-refractivity contribution in [2.24, 2.45) is 0 Å². The van der Waals surface area contributed by atoms with Crippen LogP contribution >= 0.6 is 0 Å². The van der Waals surface area contributed by atoms with Crippen LogP contribution in [-0.4, -0.2) is 24.3 Å². The second-order valence-electron chi connectivity index (χ2n) is 5.20. The zero-order valence-corrected chi connectivity index (χ0v) is 12.3. The zero-order valence-electron chi connectivity index (χ0n) is 12.3. The molecule has 3 rings (SSSR count). The first-order chi connectivity index (χ1) is 10.6. The summed E-state index contributed by atoms with van der Waals surface area (Å²) in [6.45, 7) is 2.15. The number of esters is 1. The zero-order chi connectivity index (χ0) is 15.6. The van der Waals surface area contributed by atoms with E-state index in [-0.39, 0.29) is 19.6 Å². The van der Waals surface area contributed by atoms with Gasteiger partial charge in [0.15, 0.2) is 5.60 Å². The second kappa shape index (κ2) is 5.59. The van der Waals surface area contributed by atoms with Crippen LogP contribution in [0.4, 0.5) is 0 Å². The molecule has 0 unspecified atom stereocenters. The molecule has 22 heavy (non-hydrogen) atoms. The third kappa shape index (κ3) is 1.97. The minimum Gasteiger partial charge on any atom is -0.466 e. The number of hydrogen-bond donors (Lipinski definition) is 1. The predicted molar refractivity (Wildman–Crippen MR) is 77.9 cm³/mol. The summed E-state index contributed by atoms with van der Waals surface area (Å²) in [5, 5.41) is 11.3. The first-order valence-corrected chi connectivity index (χ1v) is 7.28. The van der Waals surface area contributed by atoms with Gasteiger partial charge in [0.05, 0.1) is 19.5 Å². The van der Waals surface area contributed by atoms with E-state index in [9.17, 15) is 9.90 Å². The Morgan fingerprint density at radius 3 is 2.68 bits per heavy atom. The Bertz CT molecular complexity index is 636. The van der Waals surface area contributed by atoms with E-state index in [4.69, 9.17) is 13.9 Å². The van der Waals surface area contributed by atoms with Crippen LogP contribution in [-0.2, 0) is 25.5 Å². The van der Waals surface area contributed by atoms with E-state index in [0.29, 0.717) is 11.3 Å². The van der Waals surface area contributed by atoms with Gasteiger partial charge in [-0.15, -0.1) is 0 Å². The summed E-state index contributed by atoms with van der Waals surface area (Å²) in [4.78, 5) is 12.7. The molecule has 1 aliphatic heterocycles. The number of carbonyl (C=O) groups is 1. The summed E-state index contributed by atoms with van der Waals surface area (Å²) in [6, 6.07) is 12.2. The number of benzene rings is 1. The molecule has 5 nitrogen and oxygen atoms in total. The Morgan fingerprint density at radius 2 is 2.05 bits per heavy atom. The maximum atomic E-state index is 12.7. The fourth-order valence-electron chi connectivity index (χ4n) is 3.03. The van der Waals surface area contributed by atoms with Crippen LogP contribution in [0.5, 0.6) is 0 Å². The molecule has 0 spiro atoms. The van der Waals surface area contributed by atoms with E-state index in [0.717, 1.165) is 0 Å². The quantitative estimate of drug-likeness (QED) is 0.878. The molecule has 1 aromatic carbocycles. The van der Waals surface area contributed by atoms with Crippen molar-refractivity contribution >= 4 is 5.97 Å². The van der Waals surface area contributed by atoms with Crippen molar-refractivity contribution in [3.8, 4) is 0 Å². The lowest BCUT2D eigenvalue weighted by atomic mass is 9.76. The van der Waals surface area contributed by atoms with Gasteiger partial charge in [0, 0.05) is 6.42 Å². The highest BCUT2D eigenvalue weighted by Crippen LogP contribution is 2.51. The molecule has 116 valence electrons. The van der Waals surface area contributed by atoms with E-state index < -0.39 is 17.2 Å². The van der Waals surface area contributed by atoms with Crippen LogP contribution in [0, 0.1) is 0 Å². The van der Waals surface area contributed by atoms with E-state index in [1.807, 2.05) is 6.07 Å². The summed E-state index contributed by atoms with van der Waals surface area (Å²) in [5.41, 5.74) is -2.68. The van der Waals surface area contributed by atoms with E-state index in [1.54, 1.807) is 43.3 Å². The van der Waals surface area contributed by atoms with Gasteiger partial charge in [-0.3, -0.25) is 0 Å². The molecule has 0 amide bonds. The van der Waals surface area contributed by atoms with Gasteiger partial charge in [-0.25, -0.2) is 4.79 Å². The van der Waals surface area contributed by atoms with Crippen LogP contribution in [0.25, 0.3) is 0 Å². The molecule has 2 aromatic rings. The smallest absolute Gasteiger partial charge is 0.346 e. The lowest BCUT2D eigenvalue weighted by molar-refractivity contribution is -0.196. The molecule has 1 aliphatic rings. The minimum atomic E-state index is -1.62. The lowest BCUT2D eigenvalue weighted by Crippen LogP contribution is -2.52. The van der Waals surface area contributed by atoms with Crippen molar-refractivity contribution in [1.29, 1.82) is 0 Å². The molecule has 0 radical (unpaired) electrons. The van der Waals surface area contributed by atoms with Gasteiger partial charge in [0.2, 0.25) is 5.60 Å². The largest absolute Gasteiger partial charge is 0.466 e. The molecule has 0 saturated carbocycles. The number of aliphatic hydroxyl groups is 1. The summed E-state index contributed by atoms with van der Waals surface area (Å²) in [6.07, 6.45) is 1.71.